The van der Waals surface area contributed by atoms with E-state index in [0.29, 0.717) is 16.8 Å². The van der Waals surface area contributed by atoms with Crippen molar-refractivity contribution in [3.63, 3.8) is 0 Å². The highest BCUT2D eigenvalue weighted by atomic mass is 35.5. The summed E-state index contributed by atoms with van der Waals surface area (Å²) in [6.45, 7) is 0. The van der Waals surface area contributed by atoms with Gasteiger partial charge in [-0.05, 0) is 35.9 Å². The van der Waals surface area contributed by atoms with Crippen LogP contribution >= 0.6 is 11.6 Å². The first kappa shape index (κ1) is 12.2. The van der Waals surface area contributed by atoms with Gasteiger partial charge in [0, 0.05) is 12.7 Å². The number of amides is 1. The average molecular weight is 261 g/mol. The molecule has 18 heavy (non-hydrogen) atoms. The Bertz CT molecular complexity index is 628. The summed E-state index contributed by atoms with van der Waals surface area (Å²) in [5.41, 5.74) is 1.41. The number of anilines is 1. The van der Waals surface area contributed by atoms with Gasteiger partial charge in [0.2, 0.25) is 5.22 Å². The Labute approximate surface area is 109 Å². The lowest BCUT2D eigenvalue weighted by molar-refractivity contribution is 0.0992. The zero-order chi connectivity index (χ0) is 13.1. The Morgan fingerprint density at radius 1 is 1.44 bits per heavy atom. The van der Waals surface area contributed by atoms with Gasteiger partial charge in [0.15, 0.2) is 0 Å². The number of nitriles is 1. The van der Waals surface area contributed by atoms with Crippen molar-refractivity contribution >= 4 is 23.2 Å². The molecule has 4 nitrogen and oxygen atoms in total. The van der Waals surface area contributed by atoms with Crippen LogP contribution in [0, 0.1) is 11.3 Å². The van der Waals surface area contributed by atoms with Crippen molar-refractivity contribution in [3.05, 3.63) is 52.9 Å². The van der Waals surface area contributed by atoms with Crippen LogP contribution in [0.3, 0.4) is 0 Å². The third-order valence-corrected chi connectivity index (χ3v) is 2.81. The first-order chi connectivity index (χ1) is 8.63. The van der Waals surface area contributed by atoms with Crippen LogP contribution in [0.1, 0.15) is 15.9 Å². The smallest absolute Gasteiger partial charge is 0.262 e. The SMILES string of the molecule is CN(C(=O)c1ccoc1Cl)c1cccc(C#N)c1. The van der Waals surface area contributed by atoms with Gasteiger partial charge in [-0.1, -0.05) is 6.07 Å². The van der Waals surface area contributed by atoms with Gasteiger partial charge in [-0.2, -0.15) is 5.26 Å². The fourth-order valence-corrected chi connectivity index (χ4v) is 1.72. The van der Waals surface area contributed by atoms with Crippen molar-refractivity contribution in [2.75, 3.05) is 11.9 Å². The number of benzene rings is 1. The molecule has 1 aromatic heterocycles. The molecule has 0 unspecified atom stereocenters. The zero-order valence-corrected chi connectivity index (χ0v) is 10.3. The Hall–Kier alpha value is -2.25. The molecule has 0 N–H and O–H groups in total. The molecule has 0 aliphatic rings. The maximum Gasteiger partial charge on any atom is 0.262 e. The highest BCUT2D eigenvalue weighted by Crippen LogP contribution is 2.22. The van der Waals surface area contributed by atoms with Gasteiger partial charge < -0.3 is 9.32 Å². The number of furan rings is 1. The predicted octanol–water partition coefficient (Wildman–Crippen LogP) is 3.08. The van der Waals surface area contributed by atoms with E-state index in [1.165, 1.54) is 17.2 Å². The van der Waals surface area contributed by atoms with Gasteiger partial charge in [0.25, 0.3) is 5.91 Å². The van der Waals surface area contributed by atoms with E-state index in [4.69, 9.17) is 21.3 Å². The lowest BCUT2D eigenvalue weighted by Gasteiger charge is -2.16. The molecule has 0 aliphatic carbocycles. The summed E-state index contributed by atoms with van der Waals surface area (Å²) in [6.07, 6.45) is 1.36. The minimum Gasteiger partial charge on any atom is -0.452 e. The van der Waals surface area contributed by atoms with Gasteiger partial charge in [-0.3, -0.25) is 4.79 Å². The van der Waals surface area contributed by atoms with Crippen molar-refractivity contribution in [1.82, 2.24) is 0 Å². The van der Waals surface area contributed by atoms with Crippen molar-refractivity contribution in [3.8, 4) is 6.07 Å². The van der Waals surface area contributed by atoms with E-state index in [2.05, 4.69) is 0 Å². The molecule has 0 saturated heterocycles. The lowest BCUT2D eigenvalue weighted by atomic mass is 10.2. The first-order valence-corrected chi connectivity index (χ1v) is 5.52. The van der Waals surface area contributed by atoms with Crippen LogP contribution in [0.25, 0.3) is 0 Å². The molecule has 0 spiro atoms. The minimum absolute atomic E-state index is 0.0586. The van der Waals surface area contributed by atoms with Crippen molar-refractivity contribution in [2.24, 2.45) is 0 Å². The van der Waals surface area contributed by atoms with E-state index < -0.39 is 0 Å². The largest absolute Gasteiger partial charge is 0.452 e. The van der Waals surface area contributed by atoms with Gasteiger partial charge in [-0.25, -0.2) is 0 Å². The van der Waals surface area contributed by atoms with Gasteiger partial charge in [-0.15, -0.1) is 0 Å². The lowest BCUT2D eigenvalue weighted by Crippen LogP contribution is -2.26. The fraction of sp³-hybridized carbons (Fsp3) is 0.0769. The molecule has 0 bridgehead atoms. The predicted molar refractivity (Wildman–Crippen MR) is 67.6 cm³/mol. The molecule has 2 aromatic rings. The van der Waals surface area contributed by atoms with Crippen molar-refractivity contribution in [1.29, 1.82) is 5.26 Å². The van der Waals surface area contributed by atoms with E-state index in [1.807, 2.05) is 6.07 Å². The van der Waals surface area contributed by atoms with Gasteiger partial charge in [0.1, 0.15) is 0 Å². The summed E-state index contributed by atoms with van der Waals surface area (Å²) in [7, 11) is 1.61. The number of rotatable bonds is 2. The second kappa shape index (κ2) is 4.94. The summed E-state index contributed by atoms with van der Waals surface area (Å²) in [5, 5.41) is 8.88. The Morgan fingerprint density at radius 3 is 2.83 bits per heavy atom. The summed E-state index contributed by atoms with van der Waals surface area (Å²) < 4.78 is 4.88. The molecule has 0 atom stereocenters. The number of carbonyl (C=O) groups excluding carboxylic acids is 1. The molecule has 0 saturated carbocycles. The van der Waals surface area contributed by atoms with Crippen LogP contribution in [-0.4, -0.2) is 13.0 Å². The monoisotopic (exact) mass is 260 g/mol. The molecule has 0 radical (unpaired) electrons. The molecule has 1 amide bonds. The Kier molecular flexibility index (Phi) is 3.35. The van der Waals surface area contributed by atoms with Gasteiger partial charge >= 0.3 is 0 Å². The van der Waals surface area contributed by atoms with Crippen molar-refractivity contribution in [2.45, 2.75) is 0 Å². The maximum atomic E-state index is 12.1. The highest BCUT2D eigenvalue weighted by Gasteiger charge is 2.18. The summed E-state index contributed by atoms with van der Waals surface area (Å²) in [6, 6.07) is 10.3. The molecule has 0 fully saturated rings. The van der Waals surface area contributed by atoms with E-state index in [0.717, 1.165) is 0 Å². The summed E-state index contributed by atoms with van der Waals surface area (Å²) in [5.74, 6) is -0.288. The van der Waals surface area contributed by atoms with Crippen LogP contribution in [-0.2, 0) is 0 Å². The molecule has 0 aliphatic heterocycles. The van der Waals surface area contributed by atoms with E-state index in [-0.39, 0.29) is 11.1 Å². The fourth-order valence-electron chi connectivity index (χ4n) is 1.53. The van der Waals surface area contributed by atoms with Crippen LogP contribution in [0.4, 0.5) is 5.69 Å². The number of nitrogens with zero attached hydrogens (tertiary/aromatic N) is 2. The quantitative estimate of drug-likeness (QED) is 0.834. The van der Waals surface area contributed by atoms with Gasteiger partial charge in [0.05, 0.1) is 23.5 Å². The summed E-state index contributed by atoms with van der Waals surface area (Å²) >= 11 is 5.76. The maximum absolute atomic E-state index is 12.1. The minimum atomic E-state index is -0.288. The first-order valence-electron chi connectivity index (χ1n) is 5.14. The molecule has 2 rings (SSSR count). The number of carbonyl (C=O) groups is 1. The molecular formula is C13H9ClN2O2. The van der Waals surface area contributed by atoms with Crippen LogP contribution in [0.5, 0.6) is 0 Å². The highest BCUT2D eigenvalue weighted by molar-refractivity contribution is 6.32. The molecule has 5 heteroatoms. The zero-order valence-electron chi connectivity index (χ0n) is 9.55. The third kappa shape index (κ3) is 2.22. The van der Waals surface area contributed by atoms with Crippen molar-refractivity contribution < 1.29 is 9.21 Å². The molecular weight excluding hydrogens is 252 g/mol. The second-order valence-corrected chi connectivity index (χ2v) is 3.98. The molecule has 1 heterocycles. The van der Waals surface area contributed by atoms with E-state index >= 15 is 0 Å². The van der Waals surface area contributed by atoms with Crippen LogP contribution in [0.15, 0.2) is 41.0 Å². The topological polar surface area (TPSA) is 57.2 Å². The number of hydrogen-bond donors (Lipinski definition) is 0. The molecule has 1 aromatic carbocycles. The Balaban J connectivity index is 2.32. The van der Waals surface area contributed by atoms with E-state index in [9.17, 15) is 4.79 Å². The summed E-state index contributed by atoms with van der Waals surface area (Å²) in [4.78, 5) is 13.5. The van der Waals surface area contributed by atoms with E-state index in [1.54, 1.807) is 31.3 Å². The standard InChI is InChI=1S/C13H9ClN2O2/c1-16(10-4-2-3-9(7-10)8-15)13(17)11-5-6-18-12(11)14/h2-7H,1H3. The molecule has 90 valence electrons. The van der Waals surface area contributed by atoms with Crippen LogP contribution < -0.4 is 4.90 Å². The Morgan fingerprint density at radius 2 is 2.22 bits per heavy atom. The number of hydrogen-bond acceptors (Lipinski definition) is 3. The average Bonchev–Trinajstić information content (AvgIpc) is 2.83. The second-order valence-electron chi connectivity index (χ2n) is 3.63. The van der Waals surface area contributed by atoms with Crippen LogP contribution in [0.2, 0.25) is 5.22 Å². The number of halogens is 1. The normalized spacial score (nSPS) is 9.83. The third-order valence-electron chi connectivity index (χ3n) is 2.52.